The van der Waals surface area contributed by atoms with E-state index in [1.807, 2.05) is 6.92 Å². The van der Waals surface area contributed by atoms with Crippen molar-refractivity contribution in [1.29, 1.82) is 0 Å². The first-order valence-corrected chi connectivity index (χ1v) is 7.30. The van der Waals surface area contributed by atoms with Crippen molar-refractivity contribution >= 4 is 11.7 Å². The molecule has 1 atom stereocenters. The smallest absolute Gasteiger partial charge is 0.396 e. The van der Waals surface area contributed by atoms with Gasteiger partial charge in [0.2, 0.25) is 0 Å². The topological polar surface area (TPSA) is 61.4 Å². The molecule has 1 aromatic carbocycles. The molecule has 0 bridgehead atoms. The first kappa shape index (κ1) is 19.2. The van der Waals surface area contributed by atoms with Crippen LogP contribution in [0.2, 0.25) is 0 Å². The summed E-state index contributed by atoms with van der Waals surface area (Å²) in [6.07, 6.45) is -2.62. The van der Waals surface area contributed by atoms with E-state index < -0.39 is 29.3 Å². The van der Waals surface area contributed by atoms with Crippen molar-refractivity contribution in [3.05, 3.63) is 29.6 Å². The summed E-state index contributed by atoms with van der Waals surface area (Å²) in [5.74, 6) is -0.986. The zero-order valence-electron chi connectivity index (χ0n) is 12.7. The molecule has 0 spiro atoms. The molecular formula is C15H20F4N2O2. The molecule has 1 unspecified atom stereocenters. The molecule has 0 radical (unpaired) electrons. The minimum atomic E-state index is -4.77. The molecule has 130 valence electrons. The maximum Gasteiger partial charge on any atom is 0.418 e. The van der Waals surface area contributed by atoms with E-state index in [2.05, 4.69) is 10.6 Å². The summed E-state index contributed by atoms with van der Waals surface area (Å²) >= 11 is 0. The number of nitrogens with one attached hydrogen (secondary N) is 2. The third-order valence-corrected chi connectivity index (χ3v) is 3.32. The summed E-state index contributed by atoms with van der Waals surface area (Å²) < 4.78 is 51.5. The van der Waals surface area contributed by atoms with E-state index in [0.29, 0.717) is 12.5 Å². The van der Waals surface area contributed by atoms with Crippen LogP contribution in [0.25, 0.3) is 0 Å². The van der Waals surface area contributed by atoms with Gasteiger partial charge in [0.25, 0.3) is 0 Å². The molecule has 1 rings (SSSR count). The normalized spacial score (nSPS) is 12.8. The van der Waals surface area contributed by atoms with Gasteiger partial charge in [-0.15, -0.1) is 0 Å². The number of aliphatic hydroxyl groups excluding tert-OH is 1. The number of carbonyl (C=O) groups is 1. The van der Waals surface area contributed by atoms with Crippen LogP contribution in [0.1, 0.15) is 31.7 Å². The number of anilines is 1. The number of halogens is 4. The van der Waals surface area contributed by atoms with Gasteiger partial charge in [-0.1, -0.05) is 13.3 Å². The number of rotatable bonds is 7. The van der Waals surface area contributed by atoms with Gasteiger partial charge < -0.3 is 15.7 Å². The third-order valence-electron chi connectivity index (χ3n) is 3.32. The van der Waals surface area contributed by atoms with Gasteiger partial charge in [-0.05, 0) is 37.0 Å². The molecule has 0 fully saturated rings. The lowest BCUT2D eigenvalue weighted by Gasteiger charge is -2.17. The van der Waals surface area contributed by atoms with E-state index in [1.54, 1.807) is 0 Å². The molecule has 4 nitrogen and oxygen atoms in total. The molecule has 0 heterocycles. The molecule has 23 heavy (non-hydrogen) atoms. The highest BCUT2D eigenvalue weighted by molar-refractivity contribution is 5.90. The molecule has 0 saturated heterocycles. The van der Waals surface area contributed by atoms with Crippen LogP contribution >= 0.6 is 0 Å². The summed E-state index contributed by atoms with van der Waals surface area (Å²) in [5, 5.41) is 13.5. The van der Waals surface area contributed by atoms with Crippen LogP contribution in [0.3, 0.4) is 0 Å². The van der Waals surface area contributed by atoms with Crippen molar-refractivity contribution in [1.82, 2.24) is 5.32 Å². The summed E-state index contributed by atoms with van der Waals surface area (Å²) in [7, 11) is 0. The van der Waals surface area contributed by atoms with Gasteiger partial charge in [0, 0.05) is 13.2 Å². The van der Waals surface area contributed by atoms with Gasteiger partial charge in [0.05, 0.1) is 11.3 Å². The van der Waals surface area contributed by atoms with Gasteiger partial charge >= 0.3 is 12.2 Å². The second-order valence-electron chi connectivity index (χ2n) is 5.19. The second kappa shape index (κ2) is 8.71. The average Bonchev–Trinajstić information content (AvgIpc) is 2.46. The summed E-state index contributed by atoms with van der Waals surface area (Å²) in [4.78, 5) is 11.7. The summed E-state index contributed by atoms with van der Waals surface area (Å²) in [6.45, 7) is 2.17. The van der Waals surface area contributed by atoms with Crippen molar-refractivity contribution in [2.75, 3.05) is 18.5 Å². The van der Waals surface area contributed by atoms with E-state index in [1.165, 1.54) is 0 Å². The molecule has 3 N–H and O–H groups in total. The first-order chi connectivity index (χ1) is 10.8. The fourth-order valence-corrected chi connectivity index (χ4v) is 2.20. The average molecular weight is 336 g/mol. The summed E-state index contributed by atoms with van der Waals surface area (Å²) in [6, 6.07) is 1.24. The van der Waals surface area contributed by atoms with Gasteiger partial charge in [-0.2, -0.15) is 13.2 Å². The first-order valence-electron chi connectivity index (χ1n) is 7.30. The highest BCUT2D eigenvalue weighted by Crippen LogP contribution is 2.35. The van der Waals surface area contributed by atoms with E-state index in [-0.39, 0.29) is 19.1 Å². The minimum Gasteiger partial charge on any atom is -0.396 e. The molecule has 0 aromatic heterocycles. The van der Waals surface area contributed by atoms with Crippen LogP contribution < -0.4 is 10.6 Å². The van der Waals surface area contributed by atoms with Crippen LogP contribution in [0.4, 0.5) is 28.0 Å². The Kier molecular flexibility index (Phi) is 7.28. The number of carbonyl (C=O) groups excluding carboxylic acids is 1. The quantitative estimate of drug-likeness (QED) is 0.664. The molecule has 8 heteroatoms. The highest BCUT2D eigenvalue weighted by Gasteiger charge is 2.34. The Balaban J connectivity index is 2.71. The lowest BCUT2D eigenvalue weighted by atomic mass is 10.0. The van der Waals surface area contributed by atoms with Crippen molar-refractivity contribution in [3.8, 4) is 0 Å². The molecule has 0 saturated carbocycles. The van der Waals surface area contributed by atoms with E-state index in [0.717, 1.165) is 25.0 Å². The minimum absolute atomic E-state index is 0.0237. The zero-order chi connectivity index (χ0) is 17.5. The Morgan fingerprint density at radius 2 is 2.00 bits per heavy atom. The lowest BCUT2D eigenvalue weighted by Crippen LogP contribution is -2.34. The Hall–Kier alpha value is -1.83. The maximum atomic E-state index is 13.0. The van der Waals surface area contributed by atoms with Crippen LogP contribution in [0.5, 0.6) is 0 Å². The van der Waals surface area contributed by atoms with Crippen LogP contribution in [0, 0.1) is 11.7 Å². The van der Waals surface area contributed by atoms with Crippen LogP contribution in [-0.4, -0.2) is 24.3 Å². The van der Waals surface area contributed by atoms with Crippen LogP contribution in [0.15, 0.2) is 18.2 Å². The summed E-state index contributed by atoms with van der Waals surface area (Å²) in [5.41, 5.74) is -1.75. The Bertz CT molecular complexity index is 515. The Morgan fingerprint density at radius 3 is 2.57 bits per heavy atom. The second-order valence-corrected chi connectivity index (χ2v) is 5.19. The van der Waals surface area contributed by atoms with Crippen LogP contribution in [-0.2, 0) is 6.18 Å². The van der Waals surface area contributed by atoms with E-state index in [4.69, 9.17) is 5.11 Å². The van der Waals surface area contributed by atoms with Crippen molar-refractivity contribution in [2.24, 2.45) is 5.92 Å². The molecule has 2 amide bonds. The monoisotopic (exact) mass is 336 g/mol. The van der Waals surface area contributed by atoms with Gasteiger partial charge in [0.1, 0.15) is 5.82 Å². The largest absolute Gasteiger partial charge is 0.418 e. The number of alkyl halides is 3. The molecule has 0 aliphatic carbocycles. The van der Waals surface area contributed by atoms with E-state index in [9.17, 15) is 22.4 Å². The molecule has 1 aromatic rings. The third kappa shape index (κ3) is 6.43. The number of urea groups is 1. The van der Waals surface area contributed by atoms with Gasteiger partial charge in [0.15, 0.2) is 0 Å². The maximum absolute atomic E-state index is 13.0. The van der Waals surface area contributed by atoms with Crippen molar-refractivity contribution < 1.29 is 27.5 Å². The number of hydrogen-bond acceptors (Lipinski definition) is 2. The number of amides is 2. The fourth-order valence-electron chi connectivity index (χ4n) is 2.20. The standard InChI is InChI=1S/C15H20F4N2O2/c1-2-3-10(6-7-22)9-20-14(23)21-13-5-4-11(16)8-12(13)15(17,18)19/h4-5,8,10,22H,2-3,6-7,9H2,1H3,(H2,20,21,23). The predicted molar refractivity (Wildman–Crippen MR) is 78.5 cm³/mol. The number of benzene rings is 1. The van der Waals surface area contributed by atoms with Crippen molar-refractivity contribution in [3.63, 3.8) is 0 Å². The Morgan fingerprint density at radius 1 is 1.30 bits per heavy atom. The van der Waals surface area contributed by atoms with Gasteiger partial charge in [-0.25, -0.2) is 9.18 Å². The van der Waals surface area contributed by atoms with E-state index >= 15 is 0 Å². The Labute approximate surface area is 131 Å². The molecule has 0 aliphatic rings. The number of aliphatic hydroxyl groups is 1. The fraction of sp³-hybridized carbons (Fsp3) is 0.533. The lowest BCUT2D eigenvalue weighted by molar-refractivity contribution is -0.137. The number of hydrogen-bond donors (Lipinski definition) is 3. The molecular weight excluding hydrogens is 316 g/mol. The SMILES string of the molecule is CCCC(CCO)CNC(=O)Nc1ccc(F)cc1C(F)(F)F. The molecule has 0 aliphatic heterocycles. The van der Waals surface area contributed by atoms with Crippen molar-refractivity contribution in [2.45, 2.75) is 32.4 Å². The highest BCUT2D eigenvalue weighted by atomic mass is 19.4. The van der Waals surface area contributed by atoms with Gasteiger partial charge in [-0.3, -0.25) is 0 Å². The predicted octanol–water partition coefficient (Wildman–Crippen LogP) is 3.76. The zero-order valence-corrected chi connectivity index (χ0v) is 12.7.